The maximum atomic E-state index is 12.9. The average molecular weight is 424 g/mol. The summed E-state index contributed by atoms with van der Waals surface area (Å²) in [4.78, 5) is 27.3. The Morgan fingerprint density at radius 3 is 2.71 bits per heavy atom. The zero-order valence-electron chi connectivity index (χ0n) is 15.5. The number of rotatable bonds is 4. The van der Waals surface area contributed by atoms with Gasteiger partial charge in [-0.2, -0.15) is 5.10 Å². The van der Waals surface area contributed by atoms with Crippen LogP contribution in [0.5, 0.6) is 0 Å². The Bertz CT molecular complexity index is 854. The highest BCUT2D eigenvalue weighted by molar-refractivity contribution is 6.30. The van der Waals surface area contributed by atoms with E-state index in [9.17, 15) is 9.59 Å². The minimum atomic E-state index is -0.483. The lowest BCUT2D eigenvalue weighted by molar-refractivity contribution is -0.129. The Labute approximate surface area is 174 Å². The summed E-state index contributed by atoms with van der Waals surface area (Å²) in [5.74, 6) is -0.283. The van der Waals surface area contributed by atoms with Crippen LogP contribution in [0.3, 0.4) is 0 Å². The first-order valence-electron chi connectivity index (χ1n) is 9.09. The topological polar surface area (TPSA) is 79.3 Å². The molecule has 0 radical (unpaired) electrons. The SMILES string of the molecule is Cl.Cn1cc([C@H]2CNC[C@@H]2C(=O)NC2CCN(c3ccc(Cl)cc3)C2=O)cn1. The summed E-state index contributed by atoms with van der Waals surface area (Å²) in [5.41, 5.74) is 1.85. The zero-order valence-corrected chi connectivity index (χ0v) is 17.0. The van der Waals surface area contributed by atoms with Gasteiger partial charge in [0.1, 0.15) is 6.04 Å². The molecule has 0 spiro atoms. The summed E-state index contributed by atoms with van der Waals surface area (Å²) in [6.45, 7) is 1.92. The number of carbonyl (C=O) groups is 2. The fraction of sp³-hybridized carbons (Fsp3) is 0.421. The van der Waals surface area contributed by atoms with Gasteiger partial charge in [0.2, 0.25) is 11.8 Å². The molecule has 28 heavy (non-hydrogen) atoms. The van der Waals surface area contributed by atoms with Crippen molar-refractivity contribution in [1.29, 1.82) is 0 Å². The van der Waals surface area contributed by atoms with Gasteiger partial charge >= 0.3 is 0 Å². The van der Waals surface area contributed by atoms with E-state index in [-0.39, 0.29) is 36.1 Å². The zero-order chi connectivity index (χ0) is 19.0. The van der Waals surface area contributed by atoms with Crippen molar-refractivity contribution in [3.8, 4) is 0 Å². The summed E-state index contributed by atoms with van der Waals surface area (Å²) in [6, 6.07) is 6.69. The molecule has 4 rings (SSSR count). The highest BCUT2D eigenvalue weighted by Gasteiger charge is 2.39. The monoisotopic (exact) mass is 423 g/mol. The number of aryl methyl sites for hydroxylation is 1. The molecule has 9 heteroatoms. The molecule has 2 aliphatic heterocycles. The first kappa shape index (κ1) is 20.6. The van der Waals surface area contributed by atoms with Crippen LogP contribution in [0, 0.1) is 5.92 Å². The Morgan fingerprint density at radius 1 is 1.29 bits per heavy atom. The van der Waals surface area contributed by atoms with Crippen molar-refractivity contribution in [3.05, 3.63) is 47.2 Å². The highest BCUT2D eigenvalue weighted by atomic mass is 35.5. The fourth-order valence-electron chi connectivity index (χ4n) is 3.91. The molecule has 0 saturated carbocycles. The van der Waals surface area contributed by atoms with E-state index in [1.807, 2.05) is 25.4 Å². The molecule has 2 N–H and O–H groups in total. The van der Waals surface area contributed by atoms with E-state index in [2.05, 4.69) is 15.7 Å². The van der Waals surface area contributed by atoms with Gasteiger partial charge in [-0.3, -0.25) is 14.3 Å². The van der Waals surface area contributed by atoms with E-state index in [1.165, 1.54) is 0 Å². The van der Waals surface area contributed by atoms with Crippen molar-refractivity contribution >= 4 is 41.5 Å². The molecule has 2 aliphatic rings. The van der Waals surface area contributed by atoms with Gasteiger partial charge in [-0.15, -0.1) is 12.4 Å². The van der Waals surface area contributed by atoms with E-state index in [0.717, 1.165) is 17.8 Å². The van der Waals surface area contributed by atoms with Crippen LogP contribution < -0.4 is 15.5 Å². The molecule has 0 bridgehead atoms. The van der Waals surface area contributed by atoms with Crippen LogP contribution in [0.15, 0.2) is 36.7 Å². The quantitative estimate of drug-likeness (QED) is 0.784. The molecular weight excluding hydrogens is 401 g/mol. The van der Waals surface area contributed by atoms with E-state index >= 15 is 0 Å². The van der Waals surface area contributed by atoms with Gasteiger partial charge in [-0.25, -0.2) is 0 Å². The van der Waals surface area contributed by atoms with Gasteiger partial charge in [0.15, 0.2) is 0 Å². The molecule has 1 unspecified atom stereocenters. The van der Waals surface area contributed by atoms with E-state index in [4.69, 9.17) is 11.6 Å². The Hall–Kier alpha value is -2.09. The van der Waals surface area contributed by atoms with Crippen LogP contribution in [0.4, 0.5) is 5.69 Å². The minimum absolute atomic E-state index is 0. The number of nitrogens with zero attached hydrogens (tertiary/aromatic N) is 3. The number of carbonyl (C=O) groups excluding carboxylic acids is 2. The van der Waals surface area contributed by atoms with Gasteiger partial charge in [-0.05, 0) is 36.2 Å². The van der Waals surface area contributed by atoms with Crippen molar-refractivity contribution in [2.24, 2.45) is 13.0 Å². The van der Waals surface area contributed by atoms with Gasteiger partial charge in [-0.1, -0.05) is 11.6 Å². The third-order valence-electron chi connectivity index (χ3n) is 5.36. The highest BCUT2D eigenvalue weighted by Crippen LogP contribution is 2.29. The molecule has 0 aliphatic carbocycles. The number of hydrogen-bond acceptors (Lipinski definition) is 4. The van der Waals surface area contributed by atoms with Crippen LogP contribution in [0.2, 0.25) is 5.02 Å². The first-order chi connectivity index (χ1) is 13.0. The first-order valence-corrected chi connectivity index (χ1v) is 9.47. The van der Waals surface area contributed by atoms with Crippen LogP contribution in [0.1, 0.15) is 17.9 Å². The lowest BCUT2D eigenvalue weighted by Gasteiger charge is -2.20. The Balaban J connectivity index is 0.00000225. The molecule has 2 fully saturated rings. The summed E-state index contributed by atoms with van der Waals surface area (Å²) in [5, 5.41) is 11.1. The van der Waals surface area contributed by atoms with Crippen LogP contribution >= 0.6 is 24.0 Å². The molecule has 2 saturated heterocycles. The predicted molar refractivity (Wildman–Crippen MR) is 110 cm³/mol. The fourth-order valence-corrected chi connectivity index (χ4v) is 4.03. The number of benzene rings is 1. The molecule has 150 valence electrons. The molecule has 2 amide bonds. The number of halogens is 2. The van der Waals surface area contributed by atoms with Crippen molar-refractivity contribution in [3.63, 3.8) is 0 Å². The summed E-state index contributed by atoms with van der Waals surface area (Å²) in [6.07, 6.45) is 4.35. The normalized spacial score (nSPS) is 24.3. The Morgan fingerprint density at radius 2 is 2.04 bits per heavy atom. The second-order valence-electron chi connectivity index (χ2n) is 7.13. The van der Waals surface area contributed by atoms with Crippen molar-refractivity contribution in [2.45, 2.75) is 18.4 Å². The van der Waals surface area contributed by atoms with E-state index in [0.29, 0.717) is 24.5 Å². The maximum absolute atomic E-state index is 12.9. The minimum Gasteiger partial charge on any atom is -0.344 e. The molecule has 3 atom stereocenters. The molecule has 2 aromatic rings. The number of hydrogen-bond donors (Lipinski definition) is 2. The number of aromatic nitrogens is 2. The van der Waals surface area contributed by atoms with Crippen LogP contribution in [0.25, 0.3) is 0 Å². The van der Waals surface area contributed by atoms with Gasteiger partial charge in [0, 0.05) is 49.5 Å². The van der Waals surface area contributed by atoms with Crippen LogP contribution in [-0.4, -0.2) is 47.3 Å². The lowest BCUT2D eigenvalue weighted by Crippen LogP contribution is -2.45. The third-order valence-corrected chi connectivity index (χ3v) is 5.62. The summed E-state index contributed by atoms with van der Waals surface area (Å²) >= 11 is 5.92. The van der Waals surface area contributed by atoms with Gasteiger partial charge in [0.25, 0.3) is 0 Å². The largest absolute Gasteiger partial charge is 0.344 e. The average Bonchev–Trinajstić information content (AvgIpc) is 3.37. The summed E-state index contributed by atoms with van der Waals surface area (Å²) in [7, 11) is 1.86. The molecule has 7 nitrogen and oxygen atoms in total. The molecule has 3 heterocycles. The molecule has 1 aromatic carbocycles. The lowest BCUT2D eigenvalue weighted by atomic mass is 9.90. The van der Waals surface area contributed by atoms with Crippen LogP contribution in [-0.2, 0) is 16.6 Å². The number of anilines is 1. The van der Waals surface area contributed by atoms with Crippen molar-refractivity contribution < 1.29 is 9.59 Å². The number of amides is 2. The second kappa shape index (κ2) is 8.51. The van der Waals surface area contributed by atoms with Crippen molar-refractivity contribution in [1.82, 2.24) is 20.4 Å². The maximum Gasteiger partial charge on any atom is 0.249 e. The van der Waals surface area contributed by atoms with E-state index in [1.54, 1.807) is 27.9 Å². The molecule has 1 aromatic heterocycles. The summed E-state index contributed by atoms with van der Waals surface area (Å²) < 4.78 is 1.74. The second-order valence-corrected chi connectivity index (χ2v) is 7.57. The Kier molecular flexibility index (Phi) is 6.27. The standard InChI is InChI=1S/C19H22ClN5O2.ClH/c1-24-11-12(8-22-24)15-9-21-10-16(15)18(26)23-17-6-7-25(19(17)27)14-4-2-13(20)3-5-14;/h2-5,8,11,15-17,21H,6-7,9-10H2,1H3,(H,23,26);1H/t15-,16+,17?;/m1./s1. The van der Waals surface area contributed by atoms with Crippen molar-refractivity contribution in [2.75, 3.05) is 24.5 Å². The predicted octanol–water partition coefficient (Wildman–Crippen LogP) is 1.72. The smallest absolute Gasteiger partial charge is 0.249 e. The van der Waals surface area contributed by atoms with Gasteiger partial charge in [0.05, 0.1) is 12.1 Å². The third kappa shape index (κ3) is 4.01. The molecular formula is C19H23Cl2N5O2. The number of nitrogens with one attached hydrogen (secondary N) is 2. The van der Waals surface area contributed by atoms with E-state index < -0.39 is 6.04 Å². The van der Waals surface area contributed by atoms with Gasteiger partial charge < -0.3 is 15.5 Å².